The van der Waals surface area contributed by atoms with Gasteiger partial charge in [-0.3, -0.25) is 14.6 Å². The van der Waals surface area contributed by atoms with Crippen molar-refractivity contribution in [3.05, 3.63) is 0 Å². The van der Waals surface area contributed by atoms with Gasteiger partial charge < -0.3 is 0 Å². The zero-order valence-corrected chi connectivity index (χ0v) is 14.5. The van der Waals surface area contributed by atoms with Crippen molar-refractivity contribution in [3.8, 4) is 17.9 Å². The van der Waals surface area contributed by atoms with Gasteiger partial charge in [-0.2, -0.15) is 5.26 Å². The van der Waals surface area contributed by atoms with Crippen molar-refractivity contribution in [2.45, 2.75) is 53.0 Å². The maximum atomic E-state index is 12.3. The van der Waals surface area contributed by atoms with E-state index in [1.807, 2.05) is 6.92 Å². The molecule has 1 aliphatic rings. The molecule has 4 nitrogen and oxygen atoms in total. The maximum absolute atomic E-state index is 12.3. The van der Waals surface area contributed by atoms with E-state index in [2.05, 4.69) is 48.5 Å². The van der Waals surface area contributed by atoms with Gasteiger partial charge in [-0.25, -0.2) is 0 Å². The van der Waals surface area contributed by atoms with E-state index in [4.69, 9.17) is 5.26 Å². The zero-order chi connectivity index (χ0) is 16.6. The highest BCUT2D eigenvalue weighted by molar-refractivity contribution is 5.86. The van der Waals surface area contributed by atoms with Gasteiger partial charge in [0.2, 0.25) is 0 Å². The highest BCUT2D eigenvalue weighted by atomic mass is 16.1. The lowest BCUT2D eigenvalue weighted by molar-refractivity contribution is -0.135. The van der Waals surface area contributed by atoms with Gasteiger partial charge in [0.15, 0.2) is 0 Å². The minimum absolute atomic E-state index is 0.241. The first-order valence-electron chi connectivity index (χ1n) is 8.29. The number of Topliss-reactive ketones (excluding diaryl/α,β-unsaturated/α-hetero) is 1. The number of hydrogen-bond donors (Lipinski definition) is 0. The molecule has 0 aromatic rings. The van der Waals surface area contributed by atoms with E-state index in [1.54, 1.807) is 0 Å². The average molecular weight is 303 g/mol. The number of nitrogens with zero attached hydrogens (tertiary/aromatic N) is 3. The first kappa shape index (κ1) is 18.7. The molecule has 0 aliphatic carbocycles. The minimum atomic E-state index is -0.386. The first-order valence-corrected chi connectivity index (χ1v) is 8.29. The Labute approximate surface area is 135 Å². The van der Waals surface area contributed by atoms with Gasteiger partial charge in [-0.15, -0.1) is 0 Å². The van der Waals surface area contributed by atoms with Crippen molar-refractivity contribution in [3.63, 3.8) is 0 Å². The van der Waals surface area contributed by atoms with Crippen molar-refractivity contribution in [2.75, 3.05) is 32.7 Å². The van der Waals surface area contributed by atoms with Crippen molar-refractivity contribution < 1.29 is 4.79 Å². The van der Waals surface area contributed by atoms with Crippen LogP contribution in [0, 0.1) is 28.6 Å². The largest absolute Gasteiger partial charge is 0.299 e. The highest BCUT2D eigenvalue weighted by Gasteiger charge is 2.40. The van der Waals surface area contributed by atoms with Crippen LogP contribution in [0.25, 0.3) is 0 Å². The molecular weight excluding hydrogens is 274 g/mol. The van der Waals surface area contributed by atoms with E-state index in [0.717, 1.165) is 19.6 Å². The van der Waals surface area contributed by atoms with E-state index in [1.165, 1.54) is 0 Å². The summed E-state index contributed by atoms with van der Waals surface area (Å²) < 4.78 is 0. The molecule has 0 saturated carbocycles. The van der Waals surface area contributed by atoms with Gasteiger partial charge in [-0.1, -0.05) is 32.6 Å². The summed E-state index contributed by atoms with van der Waals surface area (Å²) in [7, 11) is 0. The van der Waals surface area contributed by atoms with E-state index in [0.29, 0.717) is 38.1 Å². The molecule has 1 saturated heterocycles. The quantitative estimate of drug-likeness (QED) is 0.707. The van der Waals surface area contributed by atoms with Crippen LogP contribution in [0.2, 0.25) is 0 Å². The van der Waals surface area contributed by atoms with Crippen LogP contribution in [0.15, 0.2) is 0 Å². The van der Waals surface area contributed by atoms with Crippen molar-refractivity contribution in [2.24, 2.45) is 5.41 Å². The number of likely N-dealkylation sites (tertiary alicyclic amines) is 1. The molecule has 0 N–H and O–H groups in total. The van der Waals surface area contributed by atoms with E-state index in [-0.39, 0.29) is 11.5 Å². The highest BCUT2D eigenvalue weighted by Crippen LogP contribution is 2.33. The molecule has 0 amide bonds. The third-order valence-corrected chi connectivity index (χ3v) is 4.72. The second kappa shape index (κ2) is 8.93. The fourth-order valence-electron chi connectivity index (χ4n) is 2.87. The Balaban J connectivity index is 2.61. The molecule has 0 aromatic carbocycles. The predicted octanol–water partition coefficient (Wildman–Crippen LogP) is 2.30. The lowest BCUT2D eigenvalue weighted by Crippen LogP contribution is -2.52. The molecular formula is C18H29N3O. The van der Waals surface area contributed by atoms with Crippen LogP contribution in [0.5, 0.6) is 0 Å². The van der Waals surface area contributed by atoms with Crippen LogP contribution in [0.3, 0.4) is 0 Å². The van der Waals surface area contributed by atoms with Crippen molar-refractivity contribution in [1.29, 1.82) is 5.26 Å². The van der Waals surface area contributed by atoms with Crippen molar-refractivity contribution >= 4 is 5.78 Å². The Bertz CT molecular complexity index is 467. The Morgan fingerprint density at radius 2 is 2.05 bits per heavy atom. The molecule has 0 bridgehead atoms. The van der Waals surface area contributed by atoms with Gasteiger partial charge >= 0.3 is 0 Å². The van der Waals surface area contributed by atoms with Crippen molar-refractivity contribution in [1.82, 2.24) is 9.80 Å². The standard InChI is InChI=1S/C18H29N3O/c1-5-20(6-2)12-7-8-13-21-15-18(4,10-9-11-19)17(22)14-16(21)3/h16H,5-6,9-10,12-15H2,1-4H3/t16-,18+/m1/s1. The monoisotopic (exact) mass is 303 g/mol. The smallest absolute Gasteiger partial charge is 0.141 e. The molecule has 2 atom stereocenters. The Kier molecular flexibility index (Phi) is 7.59. The molecule has 1 aliphatic heterocycles. The van der Waals surface area contributed by atoms with Crippen LogP contribution in [0.1, 0.15) is 47.0 Å². The van der Waals surface area contributed by atoms with E-state index >= 15 is 0 Å². The van der Waals surface area contributed by atoms with Crippen LogP contribution < -0.4 is 0 Å². The second-order valence-corrected chi connectivity index (χ2v) is 6.42. The fourth-order valence-corrected chi connectivity index (χ4v) is 2.87. The van der Waals surface area contributed by atoms with E-state index < -0.39 is 0 Å². The molecule has 1 heterocycles. The molecule has 1 rings (SSSR count). The first-order chi connectivity index (χ1) is 10.5. The number of carbonyl (C=O) groups is 1. The van der Waals surface area contributed by atoms with Gasteiger partial charge in [0.05, 0.1) is 19.2 Å². The number of nitriles is 1. The Morgan fingerprint density at radius 3 is 2.64 bits per heavy atom. The number of ketones is 1. The summed E-state index contributed by atoms with van der Waals surface area (Å²) >= 11 is 0. The summed E-state index contributed by atoms with van der Waals surface area (Å²) in [6.07, 6.45) is 1.66. The summed E-state index contributed by atoms with van der Waals surface area (Å²) in [5.74, 6) is 6.78. The average Bonchev–Trinajstić information content (AvgIpc) is 2.50. The zero-order valence-electron chi connectivity index (χ0n) is 14.5. The second-order valence-electron chi connectivity index (χ2n) is 6.42. The summed E-state index contributed by atoms with van der Waals surface area (Å²) in [6, 6.07) is 2.40. The normalized spacial score (nSPS) is 25.6. The lowest BCUT2D eigenvalue weighted by Gasteiger charge is -2.42. The van der Waals surface area contributed by atoms with E-state index in [9.17, 15) is 4.79 Å². The molecule has 0 spiro atoms. The van der Waals surface area contributed by atoms with Gasteiger partial charge in [0.1, 0.15) is 5.78 Å². The number of rotatable bonds is 6. The molecule has 1 fully saturated rings. The van der Waals surface area contributed by atoms with Crippen LogP contribution in [0.4, 0.5) is 0 Å². The Hall–Kier alpha value is -1.36. The SMILES string of the molecule is CCN(CC)CC#CCN1C[C@](C)(CCC#N)C(=O)C[C@H]1C. The summed E-state index contributed by atoms with van der Waals surface area (Å²) in [6.45, 7) is 12.6. The van der Waals surface area contributed by atoms with Crippen LogP contribution in [-0.4, -0.2) is 54.3 Å². The maximum Gasteiger partial charge on any atom is 0.141 e. The summed E-state index contributed by atoms with van der Waals surface area (Å²) in [5, 5.41) is 8.79. The third-order valence-electron chi connectivity index (χ3n) is 4.72. The van der Waals surface area contributed by atoms with Gasteiger partial charge in [-0.05, 0) is 26.4 Å². The van der Waals surface area contributed by atoms with Crippen LogP contribution in [-0.2, 0) is 4.79 Å². The summed E-state index contributed by atoms with van der Waals surface area (Å²) in [4.78, 5) is 16.9. The number of carbonyl (C=O) groups excluding carboxylic acids is 1. The molecule has 22 heavy (non-hydrogen) atoms. The molecule has 122 valence electrons. The number of piperidine rings is 1. The van der Waals surface area contributed by atoms with Crippen LogP contribution >= 0.6 is 0 Å². The topological polar surface area (TPSA) is 47.3 Å². The molecule has 0 aromatic heterocycles. The molecule has 4 heteroatoms. The van der Waals surface area contributed by atoms with Gasteiger partial charge in [0.25, 0.3) is 0 Å². The Morgan fingerprint density at radius 1 is 1.36 bits per heavy atom. The third kappa shape index (κ3) is 5.13. The molecule has 0 unspecified atom stereocenters. The predicted molar refractivity (Wildman–Crippen MR) is 89.2 cm³/mol. The minimum Gasteiger partial charge on any atom is -0.299 e. The fraction of sp³-hybridized carbons (Fsp3) is 0.778. The lowest BCUT2D eigenvalue weighted by atomic mass is 9.75. The number of hydrogen-bond acceptors (Lipinski definition) is 4. The molecule has 0 radical (unpaired) electrons. The van der Waals surface area contributed by atoms with Gasteiger partial charge in [0, 0.05) is 30.8 Å². The summed E-state index contributed by atoms with van der Waals surface area (Å²) in [5.41, 5.74) is -0.386.